The minimum atomic E-state index is -0.848. The summed E-state index contributed by atoms with van der Waals surface area (Å²) < 4.78 is 0. The van der Waals surface area contributed by atoms with Gasteiger partial charge in [-0.25, -0.2) is 0 Å². The van der Waals surface area contributed by atoms with Crippen molar-refractivity contribution in [2.24, 2.45) is 11.1 Å². The number of anilines is 1. The van der Waals surface area contributed by atoms with E-state index in [1.165, 1.54) is 11.3 Å². The first-order valence-electron chi connectivity index (χ1n) is 6.45. The summed E-state index contributed by atoms with van der Waals surface area (Å²) in [5, 5.41) is 13.9. The van der Waals surface area contributed by atoms with Crippen molar-refractivity contribution in [3.63, 3.8) is 0 Å². The van der Waals surface area contributed by atoms with Gasteiger partial charge in [-0.1, -0.05) is 0 Å². The average molecular weight is 311 g/mol. The van der Waals surface area contributed by atoms with E-state index in [-0.39, 0.29) is 18.0 Å². The molecule has 2 rings (SSSR count). The lowest BCUT2D eigenvalue weighted by molar-refractivity contribution is -0.147. The van der Waals surface area contributed by atoms with Gasteiger partial charge in [0.15, 0.2) is 0 Å². The molecule has 2 amide bonds. The van der Waals surface area contributed by atoms with E-state index in [1.54, 1.807) is 23.3 Å². The Kier molecular flexibility index (Phi) is 4.29. The Morgan fingerprint density at radius 2 is 2.24 bits per heavy atom. The van der Waals surface area contributed by atoms with Gasteiger partial charge in [0.2, 0.25) is 5.91 Å². The summed E-state index contributed by atoms with van der Waals surface area (Å²) in [4.78, 5) is 36.1. The second-order valence-corrected chi connectivity index (χ2v) is 6.32. The SMILES string of the molecule is CC1(C(=O)O)CCN(CC(=O)Nc2sccc2C(N)=O)C1. The zero-order valence-electron chi connectivity index (χ0n) is 11.6. The van der Waals surface area contributed by atoms with Crippen LogP contribution in [0.2, 0.25) is 0 Å². The Balaban J connectivity index is 1.93. The number of nitrogens with one attached hydrogen (secondary N) is 1. The fourth-order valence-corrected chi connectivity index (χ4v) is 3.14. The van der Waals surface area contributed by atoms with E-state index in [0.717, 1.165) is 0 Å². The van der Waals surface area contributed by atoms with Crippen LogP contribution in [0, 0.1) is 5.41 Å². The highest BCUT2D eigenvalue weighted by atomic mass is 32.1. The maximum Gasteiger partial charge on any atom is 0.310 e. The number of nitrogens with two attached hydrogens (primary N) is 1. The number of carboxylic acid groups (broad SMARTS) is 1. The Hall–Kier alpha value is -1.93. The third kappa shape index (κ3) is 3.40. The molecule has 0 bridgehead atoms. The number of likely N-dealkylation sites (tertiary alicyclic amines) is 1. The standard InChI is InChI=1S/C13H17N3O4S/c1-13(12(19)20)3-4-16(7-13)6-9(17)15-11-8(10(14)18)2-5-21-11/h2,5H,3-4,6-7H2,1H3,(H2,14,18)(H,15,17)(H,19,20). The molecule has 1 fully saturated rings. The van der Waals surface area contributed by atoms with Crippen molar-refractivity contribution >= 4 is 34.1 Å². The molecule has 1 saturated heterocycles. The lowest BCUT2D eigenvalue weighted by atomic mass is 9.90. The molecular weight excluding hydrogens is 294 g/mol. The molecule has 1 aliphatic rings. The normalized spacial score (nSPS) is 22.1. The van der Waals surface area contributed by atoms with Crippen molar-refractivity contribution in [2.45, 2.75) is 13.3 Å². The molecule has 1 aromatic rings. The zero-order chi connectivity index (χ0) is 15.6. The third-order valence-electron chi connectivity index (χ3n) is 3.62. The van der Waals surface area contributed by atoms with Crippen LogP contribution >= 0.6 is 11.3 Å². The molecule has 1 unspecified atom stereocenters. The molecule has 8 heteroatoms. The molecule has 0 radical (unpaired) electrons. The van der Waals surface area contributed by atoms with Gasteiger partial charge in [0, 0.05) is 6.54 Å². The van der Waals surface area contributed by atoms with Gasteiger partial charge >= 0.3 is 5.97 Å². The maximum atomic E-state index is 12.0. The minimum absolute atomic E-state index is 0.0962. The quantitative estimate of drug-likeness (QED) is 0.736. The van der Waals surface area contributed by atoms with Crippen molar-refractivity contribution in [3.05, 3.63) is 17.0 Å². The molecular formula is C13H17N3O4S. The average Bonchev–Trinajstić information content (AvgIpc) is 2.97. The Bertz CT molecular complexity index is 586. The van der Waals surface area contributed by atoms with Crippen molar-refractivity contribution < 1.29 is 19.5 Å². The highest BCUT2D eigenvalue weighted by Crippen LogP contribution is 2.30. The number of primary amides is 1. The first-order chi connectivity index (χ1) is 9.82. The maximum absolute atomic E-state index is 12.0. The van der Waals surface area contributed by atoms with Gasteiger partial charge < -0.3 is 16.2 Å². The smallest absolute Gasteiger partial charge is 0.310 e. The van der Waals surface area contributed by atoms with Crippen LogP contribution in [0.4, 0.5) is 5.00 Å². The van der Waals surface area contributed by atoms with Crippen LogP contribution < -0.4 is 11.1 Å². The molecule has 7 nitrogen and oxygen atoms in total. The number of carboxylic acids is 1. The van der Waals surface area contributed by atoms with Crippen molar-refractivity contribution in [2.75, 3.05) is 25.0 Å². The predicted octanol–water partition coefficient (Wildman–Crippen LogP) is 0.582. The second-order valence-electron chi connectivity index (χ2n) is 5.40. The number of thiophene rings is 1. The molecule has 1 aliphatic heterocycles. The summed E-state index contributed by atoms with van der Waals surface area (Å²) in [7, 11) is 0. The number of carbonyl (C=O) groups excluding carboxylic acids is 2. The summed E-state index contributed by atoms with van der Waals surface area (Å²) in [6.07, 6.45) is 0.515. The molecule has 114 valence electrons. The topological polar surface area (TPSA) is 113 Å². The number of amides is 2. The number of hydrogen-bond donors (Lipinski definition) is 3. The van der Waals surface area contributed by atoms with Gasteiger partial charge in [-0.2, -0.15) is 0 Å². The van der Waals surface area contributed by atoms with E-state index in [1.807, 2.05) is 0 Å². The molecule has 1 atom stereocenters. The first kappa shape index (κ1) is 15.5. The van der Waals surface area contributed by atoms with Gasteiger partial charge in [-0.05, 0) is 31.3 Å². The number of nitrogens with zero attached hydrogens (tertiary/aromatic N) is 1. The Labute approximate surface area is 125 Å². The van der Waals surface area contributed by atoms with Crippen molar-refractivity contribution in [3.8, 4) is 0 Å². The molecule has 21 heavy (non-hydrogen) atoms. The van der Waals surface area contributed by atoms with E-state index in [9.17, 15) is 14.4 Å². The fraction of sp³-hybridized carbons (Fsp3) is 0.462. The summed E-state index contributed by atoms with van der Waals surface area (Å²) in [5.74, 6) is -1.72. The monoisotopic (exact) mass is 311 g/mol. The van der Waals surface area contributed by atoms with Crippen LogP contribution in [0.5, 0.6) is 0 Å². The molecule has 0 aliphatic carbocycles. The summed E-state index contributed by atoms with van der Waals surface area (Å²) in [6, 6.07) is 1.56. The molecule has 0 saturated carbocycles. The van der Waals surface area contributed by atoms with E-state index in [0.29, 0.717) is 24.5 Å². The van der Waals surface area contributed by atoms with Crippen LogP contribution in [-0.2, 0) is 9.59 Å². The van der Waals surface area contributed by atoms with Gasteiger partial charge in [0.05, 0.1) is 17.5 Å². The van der Waals surface area contributed by atoms with E-state index >= 15 is 0 Å². The van der Waals surface area contributed by atoms with Crippen LogP contribution in [0.1, 0.15) is 23.7 Å². The lowest BCUT2D eigenvalue weighted by Crippen LogP contribution is -2.36. The van der Waals surface area contributed by atoms with Crippen LogP contribution in [-0.4, -0.2) is 47.4 Å². The third-order valence-corrected chi connectivity index (χ3v) is 4.45. The van der Waals surface area contributed by atoms with Gasteiger partial charge in [0.25, 0.3) is 5.91 Å². The summed E-state index contributed by atoms with van der Waals surface area (Å²) in [6.45, 7) is 2.67. The Morgan fingerprint density at radius 1 is 1.52 bits per heavy atom. The largest absolute Gasteiger partial charge is 0.481 e. The summed E-state index contributed by atoms with van der Waals surface area (Å²) >= 11 is 1.22. The molecule has 2 heterocycles. The highest BCUT2D eigenvalue weighted by molar-refractivity contribution is 7.14. The molecule has 0 aromatic carbocycles. The van der Waals surface area contributed by atoms with Crippen molar-refractivity contribution in [1.82, 2.24) is 4.90 Å². The predicted molar refractivity (Wildman–Crippen MR) is 78.3 cm³/mol. The van der Waals surface area contributed by atoms with Gasteiger partial charge in [0.1, 0.15) is 5.00 Å². The lowest BCUT2D eigenvalue weighted by Gasteiger charge is -2.19. The van der Waals surface area contributed by atoms with E-state index < -0.39 is 17.3 Å². The number of aliphatic carboxylic acids is 1. The zero-order valence-corrected chi connectivity index (χ0v) is 12.4. The Morgan fingerprint density at radius 3 is 2.81 bits per heavy atom. The van der Waals surface area contributed by atoms with Gasteiger partial charge in [-0.3, -0.25) is 19.3 Å². The number of hydrogen-bond acceptors (Lipinski definition) is 5. The second kappa shape index (κ2) is 5.82. The van der Waals surface area contributed by atoms with E-state index in [4.69, 9.17) is 10.8 Å². The molecule has 0 spiro atoms. The van der Waals surface area contributed by atoms with Crippen LogP contribution in [0.15, 0.2) is 11.4 Å². The van der Waals surface area contributed by atoms with Crippen LogP contribution in [0.3, 0.4) is 0 Å². The summed E-state index contributed by atoms with van der Waals surface area (Å²) in [5.41, 5.74) is 4.69. The molecule has 4 N–H and O–H groups in total. The van der Waals surface area contributed by atoms with Crippen LogP contribution in [0.25, 0.3) is 0 Å². The number of carbonyl (C=O) groups is 3. The van der Waals surface area contributed by atoms with Gasteiger partial charge in [-0.15, -0.1) is 11.3 Å². The first-order valence-corrected chi connectivity index (χ1v) is 7.33. The fourth-order valence-electron chi connectivity index (χ4n) is 2.34. The molecule has 1 aromatic heterocycles. The minimum Gasteiger partial charge on any atom is -0.481 e. The van der Waals surface area contributed by atoms with E-state index in [2.05, 4.69) is 5.32 Å². The number of rotatable bonds is 5. The van der Waals surface area contributed by atoms with Crippen molar-refractivity contribution in [1.29, 1.82) is 0 Å². The highest BCUT2D eigenvalue weighted by Gasteiger charge is 2.40.